The number of ether oxygens (including phenoxy) is 1. The molecule has 0 amide bonds. The minimum atomic E-state index is -4.06. The molecule has 0 aliphatic carbocycles. The van der Waals surface area contributed by atoms with Gasteiger partial charge in [0.15, 0.2) is 0 Å². The summed E-state index contributed by atoms with van der Waals surface area (Å²) >= 11 is 0. The van der Waals surface area contributed by atoms with Crippen LogP contribution in [0.1, 0.15) is 19.8 Å². The first-order chi connectivity index (χ1) is 6.37. The fraction of sp³-hybridized carbons (Fsp3) is 0.625. The van der Waals surface area contributed by atoms with E-state index in [1.165, 1.54) is 0 Å². The summed E-state index contributed by atoms with van der Waals surface area (Å²) in [6, 6.07) is 0. The van der Waals surface area contributed by atoms with E-state index in [1.54, 1.807) is 0 Å². The Labute approximate surface area is 83.5 Å². The van der Waals surface area contributed by atoms with Crippen LogP contribution in [0.5, 0.6) is 0 Å². The molecule has 0 aliphatic rings. The van der Waals surface area contributed by atoms with Gasteiger partial charge in [-0.15, -0.1) is 0 Å². The molecule has 0 fully saturated rings. The summed E-state index contributed by atoms with van der Waals surface area (Å²) in [5.41, 5.74) is 0.308. The fourth-order valence-corrected chi connectivity index (χ4v) is 1.04. The van der Waals surface area contributed by atoms with Gasteiger partial charge in [-0.2, -0.15) is 8.42 Å². The maximum absolute atomic E-state index is 11.0. The van der Waals surface area contributed by atoms with Crippen molar-refractivity contribution in [2.45, 2.75) is 19.8 Å². The van der Waals surface area contributed by atoms with Gasteiger partial charge in [-0.05, 0) is 6.42 Å². The van der Waals surface area contributed by atoms with E-state index in [0.29, 0.717) is 12.0 Å². The van der Waals surface area contributed by atoms with Gasteiger partial charge in [-0.3, -0.25) is 4.55 Å². The van der Waals surface area contributed by atoms with Crippen molar-refractivity contribution in [2.75, 3.05) is 12.4 Å². The first-order valence-corrected chi connectivity index (χ1v) is 5.77. The Balaban J connectivity index is 3.81. The standard InChI is InChI=1S/C8H14O5S/c1-3-4-7(2)8(9)13-5-6-14(10,11)12/h2-6H2,1H3,(H,10,11,12). The Morgan fingerprint density at radius 1 is 1.50 bits per heavy atom. The molecular weight excluding hydrogens is 208 g/mol. The van der Waals surface area contributed by atoms with Crippen molar-refractivity contribution >= 4 is 16.1 Å². The first-order valence-electron chi connectivity index (χ1n) is 4.17. The third kappa shape index (κ3) is 6.62. The molecule has 0 aromatic carbocycles. The van der Waals surface area contributed by atoms with Crippen molar-refractivity contribution in [1.29, 1.82) is 0 Å². The minimum Gasteiger partial charge on any atom is -0.461 e. The number of esters is 1. The molecule has 6 heteroatoms. The molecule has 0 heterocycles. The van der Waals surface area contributed by atoms with Gasteiger partial charge in [0, 0.05) is 5.57 Å². The molecule has 0 aromatic heterocycles. The van der Waals surface area contributed by atoms with Crippen LogP contribution in [0.25, 0.3) is 0 Å². The third-order valence-electron chi connectivity index (χ3n) is 1.41. The molecule has 82 valence electrons. The molecule has 1 N–H and O–H groups in total. The van der Waals surface area contributed by atoms with E-state index in [-0.39, 0.29) is 6.61 Å². The molecule has 0 saturated heterocycles. The highest BCUT2D eigenvalue weighted by Crippen LogP contribution is 2.03. The van der Waals surface area contributed by atoms with Crippen LogP contribution >= 0.6 is 0 Å². The maximum atomic E-state index is 11.0. The summed E-state index contributed by atoms with van der Waals surface area (Å²) in [4.78, 5) is 11.0. The summed E-state index contributed by atoms with van der Waals surface area (Å²) < 4.78 is 33.4. The quantitative estimate of drug-likeness (QED) is 0.408. The summed E-state index contributed by atoms with van der Waals surface area (Å²) in [5, 5.41) is 0. The number of carbonyl (C=O) groups excluding carboxylic acids is 1. The zero-order valence-electron chi connectivity index (χ0n) is 8.02. The van der Waals surface area contributed by atoms with Gasteiger partial charge >= 0.3 is 5.97 Å². The van der Waals surface area contributed by atoms with E-state index in [2.05, 4.69) is 11.3 Å². The normalized spacial score (nSPS) is 11.0. The van der Waals surface area contributed by atoms with Gasteiger partial charge < -0.3 is 4.74 Å². The lowest BCUT2D eigenvalue weighted by atomic mass is 10.2. The molecular formula is C8H14O5S. The Kier molecular flexibility index (Phi) is 5.40. The second-order valence-electron chi connectivity index (χ2n) is 2.78. The Bertz CT molecular complexity index is 304. The molecule has 0 aromatic rings. The molecule has 5 nitrogen and oxygen atoms in total. The van der Waals surface area contributed by atoms with Crippen LogP contribution in [-0.4, -0.2) is 31.3 Å². The van der Waals surface area contributed by atoms with Crippen LogP contribution in [0.2, 0.25) is 0 Å². The van der Waals surface area contributed by atoms with E-state index in [0.717, 1.165) is 6.42 Å². The number of hydrogen-bond acceptors (Lipinski definition) is 4. The average molecular weight is 222 g/mol. The zero-order valence-corrected chi connectivity index (χ0v) is 8.84. The SMILES string of the molecule is C=C(CCC)C(=O)OCCS(=O)(=O)O. The third-order valence-corrected chi connectivity index (χ3v) is 2.10. The van der Waals surface area contributed by atoms with Crippen molar-refractivity contribution in [3.8, 4) is 0 Å². The van der Waals surface area contributed by atoms with Gasteiger partial charge in [-0.1, -0.05) is 19.9 Å². The summed E-state index contributed by atoms with van der Waals surface area (Å²) in [6.45, 7) is 5.01. The van der Waals surface area contributed by atoms with Crippen LogP contribution in [-0.2, 0) is 19.6 Å². The Hall–Kier alpha value is -0.880. The van der Waals surface area contributed by atoms with E-state index in [9.17, 15) is 13.2 Å². The highest BCUT2D eigenvalue weighted by Gasteiger charge is 2.10. The molecule has 0 bridgehead atoms. The molecule has 0 aliphatic heterocycles. The highest BCUT2D eigenvalue weighted by molar-refractivity contribution is 7.85. The second-order valence-corrected chi connectivity index (χ2v) is 4.35. The molecule has 0 atom stereocenters. The monoisotopic (exact) mass is 222 g/mol. The van der Waals surface area contributed by atoms with E-state index < -0.39 is 21.8 Å². The molecule has 14 heavy (non-hydrogen) atoms. The van der Waals surface area contributed by atoms with E-state index in [1.807, 2.05) is 6.92 Å². The van der Waals surface area contributed by atoms with Crippen molar-refractivity contribution in [1.82, 2.24) is 0 Å². The fourth-order valence-electron chi connectivity index (χ4n) is 0.746. The predicted octanol–water partition coefficient (Wildman–Crippen LogP) is 0.774. The average Bonchev–Trinajstić information content (AvgIpc) is 2.02. The van der Waals surface area contributed by atoms with Crippen LogP contribution < -0.4 is 0 Å². The summed E-state index contributed by atoms with van der Waals surface area (Å²) in [7, 11) is -4.06. The lowest BCUT2D eigenvalue weighted by Gasteiger charge is -2.04. The van der Waals surface area contributed by atoms with Gasteiger partial charge in [0.05, 0.1) is 0 Å². The second kappa shape index (κ2) is 5.77. The lowest BCUT2D eigenvalue weighted by molar-refractivity contribution is -0.138. The van der Waals surface area contributed by atoms with E-state index >= 15 is 0 Å². The maximum Gasteiger partial charge on any atom is 0.333 e. The van der Waals surface area contributed by atoms with Gasteiger partial charge in [-0.25, -0.2) is 4.79 Å². The molecule has 0 unspecified atom stereocenters. The summed E-state index contributed by atoms with van der Waals surface area (Å²) in [6.07, 6.45) is 1.29. The van der Waals surface area contributed by atoms with Gasteiger partial charge in [0.1, 0.15) is 12.4 Å². The van der Waals surface area contributed by atoms with Crippen molar-refractivity contribution in [2.24, 2.45) is 0 Å². The topological polar surface area (TPSA) is 80.7 Å². The van der Waals surface area contributed by atoms with Crippen LogP contribution in [0.4, 0.5) is 0 Å². The van der Waals surface area contributed by atoms with Gasteiger partial charge in [0.2, 0.25) is 0 Å². The smallest absolute Gasteiger partial charge is 0.333 e. The number of hydrogen-bond donors (Lipinski definition) is 1. The zero-order chi connectivity index (χ0) is 11.2. The lowest BCUT2D eigenvalue weighted by Crippen LogP contribution is -2.15. The predicted molar refractivity (Wildman–Crippen MR) is 51.4 cm³/mol. The van der Waals surface area contributed by atoms with Crippen LogP contribution in [0.15, 0.2) is 12.2 Å². The number of carbonyl (C=O) groups is 1. The van der Waals surface area contributed by atoms with Gasteiger partial charge in [0.25, 0.3) is 10.1 Å². The first kappa shape index (κ1) is 13.1. The molecule has 0 rings (SSSR count). The number of rotatable bonds is 6. The van der Waals surface area contributed by atoms with Crippen LogP contribution in [0.3, 0.4) is 0 Å². The minimum absolute atomic E-state index is 0.308. The van der Waals surface area contributed by atoms with Crippen molar-refractivity contribution in [3.63, 3.8) is 0 Å². The Morgan fingerprint density at radius 3 is 2.50 bits per heavy atom. The molecule has 0 spiro atoms. The highest BCUT2D eigenvalue weighted by atomic mass is 32.2. The summed E-state index contributed by atoms with van der Waals surface area (Å²) in [5.74, 6) is -1.20. The van der Waals surface area contributed by atoms with E-state index in [4.69, 9.17) is 4.55 Å². The molecule has 0 saturated carbocycles. The van der Waals surface area contributed by atoms with Crippen molar-refractivity contribution < 1.29 is 22.5 Å². The molecule has 0 radical (unpaired) electrons. The Morgan fingerprint density at radius 2 is 2.07 bits per heavy atom. The largest absolute Gasteiger partial charge is 0.461 e. The van der Waals surface area contributed by atoms with Crippen LogP contribution in [0, 0.1) is 0 Å². The van der Waals surface area contributed by atoms with Crippen molar-refractivity contribution in [3.05, 3.63) is 12.2 Å².